The summed E-state index contributed by atoms with van der Waals surface area (Å²) in [6, 6.07) is 3.44. The van der Waals surface area contributed by atoms with E-state index >= 15 is 0 Å². The first-order valence-corrected chi connectivity index (χ1v) is 4.69. The molecule has 1 aromatic carbocycles. The Morgan fingerprint density at radius 1 is 1.29 bits per heavy atom. The van der Waals surface area contributed by atoms with Crippen molar-refractivity contribution in [3.8, 4) is 11.5 Å². The van der Waals surface area contributed by atoms with Crippen molar-refractivity contribution in [3.05, 3.63) is 22.7 Å². The van der Waals surface area contributed by atoms with E-state index < -0.39 is 5.60 Å². The topological polar surface area (TPSA) is 38.7 Å². The van der Waals surface area contributed by atoms with Crippen molar-refractivity contribution in [1.29, 1.82) is 0 Å². The Morgan fingerprint density at radius 2 is 1.93 bits per heavy atom. The van der Waals surface area contributed by atoms with Gasteiger partial charge in [0.05, 0.1) is 10.6 Å². The quantitative estimate of drug-likeness (QED) is 0.780. The van der Waals surface area contributed by atoms with Crippen LogP contribution in [-0.4, -0.2) is 11.9 Å². The Bertz CT molecular complexity index is 368. The Morgan fingerprint density at radius 3 is 2.57 bits per heavy atom. The van der Waals surface area contributed by atoms with Crippen LogP contribution in [0.4, 0.5) is 0 Å². The zero-order valence-corrected chi connectivity index (χ0v) is 8.76. The van der Waals surface area contributed by atoms with Gasteiger partial charge in [-0.15, -0.1) is 0 Å². The standard InChI is InChI=1S/C10H11ClO3/c1-10(2,12)6-3-4-7(11)9-8(6)13-5-14-9/h3-4,12H,5H2,1-2H3. The maximum atomic E-state index is 9.87. The molecule has 3 nitrogen and oxygen atoms in total. The first-order valence-electron chi connectivity index (χ1n) is 4.31. The van der Waals surface area contributed by atoms with E-state index in [4.69, 9.17) is 21.1 Å². The number of halogens is 1. The van der Waals surface area contributed by atoms with Crippen LogP contribution in [0.15, 0.2) is 12.1 Å². The second kappa shape index (κ2) is 3.04. The Kier molecular flexibility index (Phi) is 2.09. The lowest BCUT2D eigenvalue weighted by Gasteiger charge is -2.19. The average molecular weight is 215 g/mol. The fourth-order valence-electron chi connectivity index (χ4n) is 1.45. The molecule has 4 heteroatoms. The van der Waals surface area contributed by atoms with Crippen LogP contribution in [0.5, 0.6) is 11.5 Å². The van der Waals surface area contributed by atoms with Crippen molar-refractivity contribution in [1.82, 2.24) is 0 Å². The monoisotopic (exact) mass is 214 g/mol. The van der Waals surface area contributed by atoms with Gasteiger partial charge in [0.2, 0.25) is 6.79 Å². The molecule has 1 aliphatic rings. The second-order valence-corrected chi connectivity index (χ2v) is 4.13. The van der Waals surface area contributed by atoms with E-state index in [1.54, 1.807) is 26.0 Å². The molecule has 0 aromatic heterocycles. The number of aliphatic hydroxyl groups is 1. The van der Waals surface area contributed by atoms with Crippen LogP contribution >= 0.6 is 11.6 Å². The number of ether oxygens (including phenoxy) is 2. The van der Waals surface area contributed by atoms with E-state index in [-0.39, 0.29) is 6.79 Å². The molecule has 0 spiro atoms. The summed E-state index contributed by atoms with van der Waals surface area (Å²) in [4.78, 5) is 0. The zero-order valence-electron chi connectivity index (χ0n) is 8.00. The van der Waals surface area contributed by atoms with Crippen molar-refractivity contribution in [2.24, 2.45) is 0 Å². The van der Waals surface area contributed by atoms with Gasteiger partial charge in [0.1, 0.15) is 0 Å². The van der Waals surface area contributed by atoms with E-state index in [0.717, 1.165) is 0 Å². The lowest BCUT2D eigenvalue weighted by Crippen LogP contribution is -2.16. The molecule has 0 unspecified atom stereocenters. The summed E-state index contributed by atoms with van der Waals surface area (Å²) in [5, 5.41) is 10.4. The highest BCUT2D eigenvalue weighted by Crippen LogP contribution is 2.44. The summed E-state index contributed by atoms with van der Waals surface area (Å²) < 4.78 is 10.5. The first-order chi connectivity index (χ1) is 6.50. The molecule has 0 amide bonds. The molecule has 0 saturated heterocycles. The fourth-order valence-corrected chi connectivity index (χ4v) is 1.65. The van der Waals surface area contributed by atoms with Crippen LogP contribution in [0.3, 0.4) is 0 Å². The van der Waals surface area contributed by atoms with E-state index in [9.17, 15) is 5.11 Å². The molecule has 0 atom stereocenters. The number of rotatable bonds is 1. The normalized spacial score (nSPS) is 14.6. The lowest BCUT2D eigenvalue weighted by molar-refractivity contribution is 0.0744. The van der Waals surface area contributed by atoms with Crippen molar-refractivity contribution in [2.75, 3.05) is 6.79 Å². The summed E-state index contributed by atoms with van der Waals surface area (Å²) in [7, 11) is 0. The molecular weight excluding hydrogens is 204 g/mol. The molecule has 76 valence electrons. The predicted molar refractivity (Wildman–Crippen MR) is 52.8 cm³/mol. The number of hydrogen-bond acceptors (Lipinski definition) is 3. The highest BCUT2D eigenvalue weighted by atomic mass is 35.5. The maximum absolute atomic E-state index is 9.87. The molecule has 0 fully saturated rings. The number of hydrogen-bond donors (Lipinski definition) is 1. The van der Waals surface area contributed by atoms with Crippen LogP contribution in [0.2, 0.25) is 5.02 Å². The van der Waals surface area contributed by atoms with Gasteiger partial charge in [-0.2, -0.15) is 0 Å². The minimum Gasteiger partial charge on any atom is -0.453 e. The van der Waals surface area contributed by atoms with Gasteiger partial charge in [-0.3, -0.25) is 0 Å². The SMILES string of the molecule is CC(C)(O)c1ccc(Cl)c2c1OCO2. The zero-order chi connectivity index (χ0) is 10.3. The molecule has 1 N–H and O–H groups in total. The van der Waals surface area contributed by atoms with Crippen molar-refractivity contribution in [2.45, 2.75) is 19.4 Å². The van der Waals surface area contributed by atoms with E-state index in [0.29, 0.717) is 22.1 Å². The molecule has 14 heavy (non-hydrogen) atoms. The van der Waals surface area contributed by atoms with Crippen LogP contribution in [0.1, 0.15) is 19.4 Å². The molecule has 1 aromatic rings. The minimum absolute atomic E-state index is 0.155. The summed E-state index contributed by atoms with van der Waals surface area (Å²) in [6.45, 7) is 3.54. The predicted octanol–water partition coefficient (Wildman–Crippen LogP) is 2.30. The summed E-state index contributed by atoms with van der Waals surface area (Å²) in [5.74, 6) is 1.07. The van der Waals surface area contributed by atoms with E-state index in [1.165, 1.54) is 0 Å². The highest BCUT2D eigenvalue weighted by molar-refractivity contribution is 6.32. The van der Waals surface area contributed by atoms with E-state index in [2.05, 4.69) is 0 Å². The largest absolute Gasteiger partial charge is 0.453 e. The number of benzene rings is 1. The van der Waals surface area contributed by atoms with Crippen LogP contribution < -0.4 is 9.47 Å². The third-order valence-electron chi connectivity index (χ3n) is 2.13. The van der Waals surface area contributed by atoms with Crippen LogP contribution in [0, 0.1) is 0 Å². The van der Waals surface area contributed by atoms with Crippen molar-refractivity contribution >= 4 is 11.6 Å². The van der Waals surface area contributed by atoms with Gasteiger partial charge in [0.25, 0.3) is 0 Å². The smallest absolute Gasteiger partial charge is 0.231 e. The first kappa shape index (κ1) is 9.62. The molecule has 0 radical (unpaired) electrons. The van der Waals surface area contributed by atoms with Crippen LogP contribution in [0.25, 0.3) is 0 Å². The van der Waals surface area contributed by atoms with Gasteiger partial charge in [-0.05, 0) is 19.9 Å². The average Bonchev–Trinajstić information content (AvgIpc) is 2.50. The van der Waals surface area contributed by atoms with Gasteiger partial charge in [0.15, 0.2) is 11.5 Å². The Balaban J connectivity index is 2.60. The minimum atomic E-state index is -0.956. The summed E-state index contributed by atoms with van der Waals surface area (Å²) >= 11 is 5.91. The van der Waals surface area contributed by atoms with Crippen LogP contribution in [-0.2, 0) is 5.60 Å². The van der Waals surface area contributed by atoms with Gasteiger partial charge in [-0.1, -0.05) is 17.7 Å². The maximum Gasteiger partial charge on any atom is 0.231 e. The lowest BCUT2D eigenvalue weighted by atomic mass is 9.97. The molecule has 0 aliphatic carbocycles. The highest BCUT2D eigenvalue weighted by Gasteiger charge is 2.28. The molecule has 1 heterocycles. The van der Waals surface area contributed by atoms with Crippen molar-refractivity contribution in [3.63, 3.8) is 0 Å². The third kappa shape index (κ3) is 1.42. The molecular formula is C10H11ClO3. The molecule has 0 saturated carbocycles. The summed E-state index contributed by atoms with van der Waals surface area (Å²) in [6.07, 6.45) is 0. The van der Waals surface area contributed by atoms with Gasteiger partial charge < -0.3 is 14.6 Å². The Hall–Kier alpha value is -0.930. The third-order valence-corrected chi connectivity index (χ3v) is 2.43. The number of fused-ring (bicyclic) bond motifs is 1. The second-order valence-electron chi connectivity index (χ2n) is 3.72. The molecule has 2 rings (SSSR count). The molecule has 0 bridgehead atoms. The van der Waals surface area contributed by atoms with Crippen molar-refractivity contribution < 1.29 is 14.6 Å². The van der Waals surface area contributed by atoms with Gasteiger partial charge in [0, 0.05) is 5.56 Å². The van der Waals surface area contributed by atoms with Gasteiger partial charge in [-0.25, -0.2) is 0 Å². The summed E-state index contributed by atoms with van der Waals surface area (Å²) in [5.41, 5.74) is -0.267. The molecule has 1 aliphatic heterocycles. The van der Waals surface area contributed by atoms with Gasteiger partial charge >= 0.3 is 0 Å². The Labute approximate surface area is 87.2 Å². The fraction of sp³-hybridized carbons (Fsp3) is 0.400. The van der Waals surface area contributed by atoms with E-state index in [1.807, 2.05) is 0 Å².